The van der Waals surface area contributed by atoms with Crippen LogP contribution in [-0.4, -0.2) is 5.24 Å². The van der Waals surface area contributed by atoms with Gasteiger partial charge in [-0.2, -0.15) is 0 Å². The Labute approximate surface area is 105 Å². The van der Waals surface area contributed by atoms with Gasteiger partial charge >= 0.3 is 0 Å². The number of hydrogen-bond donors (Lipinski definition) is 0. The maximum atomic E-state index is 13.9. The summed E-state index contributed by atoms with van der Waals surface area (Å²) in [4.78, 5) is 13.3. The van der Waals surface area contributed by atoms with Crippen molar-refractivity contribution in [3.63, 3.8) is 0 Å². The predicted molar refractivity (Wildman–Crippen MR) is 59.4 cm³/mol. The first kappa shape index (κ1) is 14.3. The molecule has 96 valence electrons. The van der Waals surface area contributed by atoms with Crippen molar-refractivity contribution in [2.75, 3.05) is 0 Å². The van der Waals surface area contributed by atoms with E-state index in [0.29, 0.717) is 0 Å². The highest BCUT2D eigenvalue weighted by Crippen LogP contribution is 2.35. The molecule has 1 rings (SSSR count). The summed E-state index contributed by atoms with van der Waals surface area (Å²) < 4.78 is 40.9. The second-order valence-electron chi connectivity index (χ2n) is 3.70. The van der Waals surface area contributed by atoms with Gasteiger partial charge in [0, 0.05) is 10.5 Å². The first-order valence-electron chi connectivity index (χ1n) is 4.78. The number of nitrogens with zero attached hydrogens (tertiary/aromatic N) is 3. The topological polar surface area (TPSA) is 65.8 Å². The van der Waals surface area contributed by atoms with Gasteiger partial charge < -0.3 is 0 Å². The molecule has 0 amide bonds. The van der Waals surface area contributed by atoms with Gasteiger partial charge in [0.1, 0.15) is 11.5 Å². The Bertz CT molecular complexity index is 568. The summed E-state index contributed by atoms with van der Waals surface area (Å²) in [6, 6.07) is 0. The summed E-state index contributed by atoms with van der Waals surface area (Å²) in [5.74, 6) is -5.29. The van der Waals surface area contributed by atoms with Crippen LogP contribution in [-0.2, 0) is 0 Å². The molecule has 0 spiro atoms. The van der Waals surface area contributed by atoms with Crippen LogP contribution in [0.5, 0.6) is 0 Å². The molecule has 0 aliphatic rings. The number of halogens is 4. The van der Waals surface area contributed by atoms with Crippen molar-refractivity contribution in [2.24, 2.45) is 5.11 Å². The number of carbonyl (C=O) groups is 1. The number of carbonyl (C=O) groups excluding carboxylic acids is 1. The van der Waals surface area contributed by atoms with E-state index in [-0.39, 0.29) is 0 Å². The maximum Gasteiger partial charge on any atom is 0.255 e. The summed E-state index contributed by atoms with van der Waals surface area (Å²) in [6.07, 6.45) is 0. The SMILES string of the molecule is CC(C)c1c(F)c(N=[N+]=[N-])c(F)c(F)c1C(=O)Cl. The Balaban J connectivity index is 3.87. The second kappa shape index (κ2) is 5.29. The van der Waals surface area contributed by atoms with E-state index < -0.39 is 45.4 Å². The average molecular weight is 278 g/mol. The van der Waals surface area contributed by atoms with Gasteiger partial charge in [0.15, 0.2) is 11.6 Å². The summed E-state index contributed by atoms with van der Waals surface area (Å²) >= 11 is 5.12. The largest absolute Gasteiger partial charge is 0.275 e. The van der Waals surface area contributed by atoms with Crippen LogP contribution in [0.3, 0.4) is 0 Å². The highest BCUT2D eigenvalue weighted by Gasteiger charge is 2.28. The zero-order valence-corrected chi connectivity index (χ0v) is 10.1. The van der Waals surface area contributed by atoms with Crippen molar-refractivity contribution in [3.05, 3.63) is 39.0 Å². The molecular weight excluding hydrogens is 271 g/mol. The zero-order chi connectivity index (χ0) is 14.0. The predicted octanol–water partition coefficient (Wildman–Crippen LogP) is 4.55. The monoisotopic (exact) mass is 277 g/mol. The molecule has 4 nitrogen and oxygen atoms in total. The van der Waals surface area contributed by atoms with Crippen molar-refractivity contribution < 1.29 is 18.0 Å². The average Bonchev–Trinajstić information content (AvgIpc) is 2.27. The molecular formula is C10H7ClF3N3O. The van der Waals surface area contributed by atoms with Gasteiger partial charge in [0.2, 0.25) is 0 Å². The molecule has 0 bridgehead atoms. The Morgan fingerprint density at radius 1 is 1.28 bits per heavy atom. The van der Waals surface area contributed by atoms with E-state index in [9.17, 15) is 18.0 Å². The molecule has 0 aromatic heterocycles. The summed E-state index contributed by atoms with van der Waals surface area (Å²) in [5, 5.41) is 1.43. The van der Waals surface area contributed by atoms with E-state index in [1.807, 2.05) is 0 Å². The van der Waals surface area contributed by atoms with E-state index in [1.165, 1.54) is 13.8 Å². The molecule has 0 aliphatic carbocycles. The lowest BCUT2D eigenvalue weighted by atomic mass is 9.95. The zero-order valence-electron chi connectivity index (χ0n) is 9.34. The van der Waals surface area contributed by atoms with Crippen LogP contribution < -0.4 is 0 Å². The van der Waals surface area contributed by atoms with Crippen molar-refractivity contribution >= 4 is 22.5 Å². The fraction of sp³-hybridized carbons (Fsp3) is 0.300. The molecule has 0 heterocycles. The van der Waals surface area contributed by atoms with E-state index in [4.69, 9.17) is 17.1 Å². The molecule has 0 N–H and O–H groups in total. The molecule has 0 unspecified atom stereocenters. The first-order valence-corrected chi connectivity index (χ1v) is 5.16. The second-order valence-corrected chi connectivity index (χ2v) is 4.04. The van der Waals surface area contributed by atoms with E-state index >= 15 is 0 Å². The third-order valence-corrected chi connectivity index (χ3v) is 2.44. The first-order chi connectivity index (χ1) is 8.32. The molecule has 1 aromatic carbocycles. The van der Waals surface area contributed by atoms with Crippen LogP contribution in [0.4, 0.5) is 18.9 Å². The minimum absolute atomic E-state index is 0.420. The van der Waals surface area contributed by atoms with Crippen LogP contribution in [0, 0.1) is 17.5 Å². The summed E-state index contributed by atoms with van der Waals surface area (Å²) in [5.41, 5.74) is 5.77. The lowest BCUT2D eigenvalue weighted by Gasteiger charge is -2.14. The Morgan fingerprint density at radius 2 is 1.83 bits per heavy atom. The van der Waals surface area contributed by atoms with Crippen molar-refractivity contribution in [3.8, 4) is 0 Å². The molecule has 0 atom stereocenters. The van der Waals surface area contributed by atoms with Gasteiger partial charge in [-0.3, -0.25) is 4.79 Å². The maximum absolute atomic E-state index is 13.9. The van der Waals surface area contributed by atoms with Gasteiger partial charge in [0.25, 0.3) is 5.24 Å². The number of azide groups is 1. The van der Waals surface area contributed by atoms with Gasteiger partial charge in [-0.25, -0.2) is 13.2 Å². The third kappa shape index (κ3) is 2.27. The number of rotatable bonds is 3. The van der Waals surface area contributed by atoms with Crippen LogP contribution in [0.1, 0.15) is 35.7 Å². The van der Waals surface area contributed by atoms with Crippen molar-refractivity contribution in [2.45, 2.75) is 19.8 Å². The number of hydrogen-bond acceptors (Lipinski definition) is 2. The van der Waals surface area contributed by atoms with E-state index in [0.717, 1.165) is 0 Å². The molecule has 1 aromatic rings. The van der Waals surface area contributed by atoms with Gasteiger partial charge in [0.05, 0.1) is 5.56 Å². The normalized spacial score (nSPS) is 10.4. The quantitative estimate of drug-likeness (QED) is 0.263. The van der Waals surface area contributed by atoms with Gasteiger partial charge in [-0.1, -0.05) is 19.0 Å². The summed E-state index contributed by atoms with van der Waals surface area (Å²) in [7, 11) is 0. The van der Waals surface area contributed by atoms with Crippen LogP contribution in [0.15, 0.2) is 5.11 Å². The molecule has 18 heavy (non-hydrogen) atoms. The number of benzene rings is 1. The lowest BCUT2D eigenvalue weighted by Crippen LogP contribution is -2.09. The highest BCUT2D eigenvalue weighted by atomic mass is 35.5. The standard InChI is InChI=1S/C10H7ClF3N3O/c1-3(2)4-5(10(11)18)6(12)8(14)9(7(4)13)16-17-15/h3H,1-2H3. The molecule has 0 saturated carbocycles. The smallest absolute Gasteiger partial charge is 0.255 e. The van der Waals surface area contributed by atoms with E-state index in [2.05, 4.69) is 10.0 Å². The Hall–Kier alpha value is -1.72. The molecule has 8 heteroatoms. The molecule has 0 aliphatic heterocycles. The van der Waals surface area contributed by atoms with E-state index in [1.54, 1.807) is 0 Å². The van der Waals surface area contributed by atoms with Crippen LogP contribution >= 0.6 is 11.6 Å². The lowest BCUT2D eigenvalue weighted by molar-refractivity contribution is 0.107. The Kier molecular flexibility index (Phi) is 4.21. The molecule has 0 fully saturated rings. The summed E-state index contributed by atoms with van der Waals surface area (Å²) in [6.45, 7) is 2.91. The van der Waals surface area contributed by atoms with Crippen LogP contribution in [0.2, 0.25) is 0 Å². The minimum Gasteiger partial charge on any atom is -0.275 e. The molecule has 0 radical (unpaired) electrons. The van der Waals surface area contributed by atoms with Gasteiger partial charge in [-0.15, -0.1) is 0 Å². The van der Waals surface area contributed by atoms with Crippen LogP contribution in [0.25, 0.3) is 10.4 Å². The minimum atomic E-state index is -1.74. The molecule has 0 saturated heterocycles. The highest BCUT2D eigenvalue weighted by molar-refractivity contribution is 6.68. The fourth-order valence-electron chi connectivity index (χ4n) is 1.53. The van der Waals surface area contributed by atoms with Gasteiger partial charge in [-0.05, 0) is 23.0 Å². The van der Waals surface area contributed by atoms with Crippen molar-refractivity contribution in [1.82, 2.24) is 0 Å². The third-order valence-electron chi connectivity index (χ3n) is 2.25. The Morgan fingerprint density at radius 3 is 2.22 bits per heavy atom. The fourth-order valence-corrected chi connectivity index (χ4v) is 1.72. The van der Waals surface area contributed by atoms with Crippen molar-refractivity contribution in [1.29, 1.82) is 0 Å².